The summed E-state index contributed by atoms with van der Waals surface area (Å²) in [4.78, 5) is 9.92. The van der Waals surface area contributed by atoms with Crippen molar-refractivity contribution in [3.05, 3.63) is 0 Å². The van der Waals surface area contributed by atoms with Crippen LogP contribution in [0.1, 0.15) is 12.8 Å². The van der Waals surface area contributed by atoms with Crippen molar-refractivity contribution in [2.45, 2.75) is 25.0 Å². The van der Waals surface area contributed by atoms with Crippen LogP contribution >= 0.6 is 0 Å². The van der Waals surface area contributed by atoms with E-state index in [1.807, 2.05) is 0 Å². The fourth-order valence-corrected chi connectivity index (χ4v) is 0.880. The maximum absolute atomic E-state index is 9.92. The number of nitrogens with one attached hydrogen (secondary N) is 1. The topological polar surface area (TPSA) is 69.6 Å². The average molecular weight is 131 g/mol. The van der Waals surface area contributed by atoms with Crippen LogP contribution in [0.5, 0.6) is 0 Å². The average Bonchev–Trinajstić information content (AvgIpc) is 1.60. The number of carboxylic acid groups (broad SMARTS) is 1. The predicted molar refractivity (Wildman–Crippen MR) is 30.2 cm³/mol. The highest BCUT2D eigenvalue weighted by Crippen LogP contribution is 2.18. The molecule has 0 aromatic rings. The van der Waals surface area contributed by atoms with E-state index >= 15 is 0 Å². The predicted octanol–water partition coefficient (Wildman–Crippen LogP) is -0.223. The molecule has 0 saturated heterocycles. The Balaban J connectivity index is 2.11. The highest BCUT2D eigenvalue weighted by atomic mass is 16.4. The van der Waals surface area contributed by atoms with Gasteiger partial charge in [-0.3, -0.25) is 0 Å². The summed E-state index contributed by atoms with van der Waals surface area (Å²) in [7, 11) is 0. The molecule has 0 heterocycles. The molecule has 1 saturated carbocycles. The molecule has 0 atom stereocenters. The first-order chi connectivity index (χ1) is 4.18. The molecule has 1 amide bonds. The largest absolute Gasteiger partial charge is 0.465 e. The number of amides is 1. The van der Waals surface area contributed by atoms with Crippen LogP contribution < -0.4 is 5.32 Å². The van der Waals surface area contributed by atoms with E-state index in [1.54, 1.807) is 0 Å². The van der Waals surface area contributed by atoms with Crippen LogP contribution in [0.2, 0.25) is 0 Å². The molecule has 0 aromatic carbocycles. The summed E-state index contributed by atoms with van der Waals surface area (Å²) in [5.74, 6) is 0. The summed E-state index contributed by atoms with van der Waals surface area (Å²) in [6.45, 7) is 0. The molecule has 0 spiro atoms. The maximum atomic E-state index is 9.92. The van der Waals surface area contributed by atoms with E-state index in [1.165, 1.54) is 0 Å². The Hall–Kier alpha value is -0.770. The molecule has 0 aromatic heterocycles. The molecular weight excluding hydrogens is 122 g/mol. The first-order valence-corrected chi connectivity index (χ1v) is 2.86. The van der Waals surface area contributed by atoms with Crippen molar-refractivity contribution in [2.24, 2.45) is 0 Å². The van der Waals surface area contributed by atoms with Crippen LogP contribution in [0.15, 0.2) is 0 Å². The van der Waals surface area contributed by atoms with Crippen molar-refractivity contribution in [2.75, 3.05) is 0 Å². The molecule has 52 valence electrons. The molecule has 1 fully saturated rings. The quantitative estimate of drug-likeness (QED) is 0.460. The Morgan fingerprint density at radius 1 is 1.56 bits per heavy atom. The molecule has 4 heteroatoms. The normalized spacial score (nSPS) is 33.0. The first-order valence-electron chi connectivity index (χ1n) is 2.86. The third kappa shape index (κ3) is 1.57. The van der Waals surface area contributed by atoms with Gasteiger partial charge in [0, 0.05) is 6.04 Å². The van der Waals surface area contributed by atoms with Gasteiger partial charge in [-0.2, -0.15) is 0 Å². The molecule has 0 aliphatic heterocycles. The van der Waals surface area contributed by atoms with Gasteiger partial charge < -0.3 is 15.5 Å². The van der Waals surface area contributed by atoms with E-state index in [4.69, 9.17) is 10.2 Å². The number of hydrogen-bond donors (Lipinski definition) is 3. The van der Waals surface area contributed by atoms with E-state index in [-0.39, 0.29) is 12.1 Å². The second-order valence-corrected chi connectivity index (χ2v) is 2.27. The van der Waals surface area contributed by atoms with Gasteiger partial charge in [-0.1, -0.05) is 0 Å². The lowest BCUT2D eigenvalue weighted by Gasteiger charge is -2.30. The maximum Gasteiger partial charge on any atom is 0.404 e. The smallest absolute Gasteiger partial charge is 0.404 e. The number of carbonyl (C=O) groups is 1. The Kier molecular flexibility index (Phi) is 1.57. The van der Waals surface area contributed by atoms with Crippen molar-refractivity contribution in [1.82, 2.24) is 5.32 Å². The van der Waals surface area contributed by atoms with E-state index < -0.39 is 6.09 Å². The van der Waals surface area contributed by atoms with Crippen LogP contribution in [0.3, 0.4) is 0 Å². The van der Waals surface area contributed by atoms with Gasteiger partial charge in [0.2, 0.25) is 0 Å². The van der Waals surface area contributed by atoms with Crippen molar-refractivity contribution in [3.8, 4) is 0 Å². The lowest BCUT2D eigenvalue weighted by Crippen LogP contribution is -2.46. The van der Waals surface area contributed by atoms with Crippen LogP contribution in [0.4, 0.5) is 4.79 Å². The van der Waals surface area contributed by atoms with Gasteiger partial charge in [-0.15, -0.1) is 0 Å². The monoisotopic (exact) mass is 131 g/mol. The summed E-state index contributed by atoms with van der Waals surface area (Å²) >= 11 is 0. The number of aliphatic hydroxyl groups excluding tert-OH is 1. The molecule has 4 nitrogen and oxygen atoms in total. The van der Waals surface area contributed by atoms with Gasteiger partial charge >= 0.3 is 6.09 Å². The second-order valence-electron chi connectivity index (χ2n) is 2.27. The van der Waals surface area contributed by atoms with E-state index in [0.29, 0.717) is 12.8 Å². The van der Waals surface area contributed by atoms with Gasteiger partial charge in [-0.25, -0.2) is 4.79 Å². The van der Waals surface area contributed by atoms with E-state index in [0.717, 1.165) is 0 Å². The van der Waals surface area contributed by atoms with Crippen LogP contribution in [0, 0.1) is 0 Å². The summed E-state index contributed by atoms with van der Waals surface area (Å²) in [6.07, 6.45) is -0.174. The van der Waals surface area contributed by atoms with Crippen LogP contribution in [-0.4, -0.2) is 28.5 Å². The Morgan fingerprint density at radius 3 is 2.44 bits per heavy atom. The van der Waals surface area contributed by atoms with Gasteiger partial charge in [0.15, 0.2) is 0 Å². The number of hydrogen-bond acceptors (Lipinski definition) is 2. The third-order valence-corrected chi connectivity index (χ3v) is 1.44. The van der Waals surface area contributed by atoms with Crippen molar-refractivity contribution in [3.63, 3.8) is 0 Å². The van der Waals surface area contributed by atoms with Crippen molar-refractivity contribution >= 4 is 6.09 Å². The Bertz CT molecular complexity index is 119. The van der Waals surface area contributed by atoms with Crippen molar-refractivity contribution < 1.29 is 15.0 Å². The number of aliphatic hydroxyl groups is 1. The third-order valence-electron chi connectivity index (χ3n) is 1.44. The summed E-state index contributed by atoms with van der Waals surface area (Å²) in [6, 6.07) is -0.0162. The summed E-state index contributed by atoms with van der Waals surface area (Å²) in [5, 5.41) is 19.1. The zero-order valence-corrected chi connectivity index (χ0v) is 4.87. The molecule has 1 rings (SSSR count). The van der Waals surface area contributed by atoms with Gasteiger partial charge in [0.05, 0.1) is 6.10 Å². The minimum absolute atomic E-state index is 0.0162. The minimum atomic E-state index is -1.01. The first kappa shape index (κ1) is 6.35. The molecule has 0 radical (unpaired) electrons. The molecular formula is C5H9NO3. The van der Waals surface area contributed by atoms with Crippen molar-refractivity contribution in [1.29, 1.82) is 0 Å². The highest BCUT2D eigenvalue weighted by Gasteiger charge is 2.27. The zero-order valence-electron chi connectivity index (χ0n) is 4.87. The lowest BCUT2D eigenvalue weighted by molar-refractivity contribution is 0.0624. The van der Waals surface area contributed by atoms with E-state index in [9.17, 15) is 4.79 Å². The standard InChI is InChI=1S/C5H9NO3/c7-4-1-3(2-4)6-5(8)9/h3-4,6-7H,1-2H2,(H,8,9)/t3-,4-. The molecule has 9 heavy (non-hydrogen) atoms. The second kappa shape index (κ2) is 2.23. The summed E-state index contributed by atoms with van der Waals surface area (Å²) < 4.78 is 0. The molecule has 0 unspecified atom stereocenters. The minimum Gasteiger partial charge on any atom is -0.465 e. The Labute approximate surface area is 52.5 Å². The lowest BCUT2D eigenvalue weighted by atomic mass is 9.90. The molecule has 1 aliphatic carbocycles. The zero-order chi connectivity index (χ0) is 6.85. The van der Waals surface area contributed by atoms with Crippen LogP contribution in [-0.2, 0) is 0 Å². The van der Waals surface area contributed by atoms with Gasteiger partial charge in [0.25, 0.3) is 0 Å². The fourth-order valence-electron chi connectivity index (χ4n) is 0.880. The highest BCUT2D eigenvalue weighted by molar-refractivity contribution is 5.65. The molecule has 0 bridgehead atoms. The SMILES string of the molecule is O=C(O)N[C@H]1C[C@H](O)C1. The molecule has 3 N–H and O–H groups in total. The Morgan fingerprint density at radius 2 is 2.11 bits per heavy atom. The summed E-state index contributed by atoms with van der Waals surface area (Å²) in [5.41, 5.74) is 0. The fraction of sp³-hybridized carbons (Fsp3) is 0.800. The molecule has 1 aliphatic rings. The van der Waals surface area contributed by atoms with Gasteiger partial charge in [-0.05, 0) is 12.8 Å². The van der Waals surface area contributed by atoms with Crippen LogP contribution in [0.25, 0.3) is 0 Å². The van der Waals surface area contributed by atoms with Gasteiger partial charge in [0.1, 0.15) is 0 Å². The number of rotatable bonds is 1. The van der Waals surface area contributed by atoms with E-state index in [2.05, 4.69) is 5.32 Å².